The van der Waals surface area contributed by atoms with Crippen molar-refractivity contribution in [2.45, 2.75) is 19.9 Å². The summed E-state index contributed by atoms with van der Waals surface area (Å²) in [4.78, 5) is 22.9. The van der Waals surface area contributed by atoms with Crippen LogP contribution in [-0.4, -0.2) is 12.3 Å². The predicted molar refractivity (Wildman–Crippen MR) is 83.6 cm³/mol. The Kier molecular flexibility index (Phi) is 4.72. The summed E-state index contributed by atoms with van der Waals surface area (Å²) < 4.78 is 0. The molecule has 0 aromatic heterocycles. The lowest BCUT2D eigenvalue weighted by atomic mass is 10.1. The number of hydrogen-bond donors (Lipinski definition) is 2. The van der Waals surface area contributed by atoms with Crippen LogP contribution in [0.15, 0.2) is 48.5 Å². The molecule has 4 heteroatoms. The van der Waals surface area contributed by atoms with Gasteiger partial charge in [-0.3, -0.25) is 4.79 Å². The van der Waals surface area contributed by atoms with Crippen LogP contribution in [0.2, 0.25) is 0 Å². The monoisotopic (exact) mass is 282 g/mol. The number of nitrogens with one attached hydrogen (secondary N) is 2. The van der Waals surface area contributed by atoms with Crippen molar-refractivity contribution in [3.05, 3.63) is 65.2 Å². The van der Waals surface area contributed by atoms with Gasteiger partial charge in [-0.05, 0) is 31.0 Å². The molecule has 2 amide bonds. The Morgan fingerprint density at radius 2 is 1.81 bits per heavy atom. The van der Waals surface area contributed by atoms with Crippen LogP contribution in [0, 0.1) is 6.92 Å². The van der Waals surface area contributed by atoms with Gasteiger partial charge in [0.1, 0.15) is 6.29 Å². The minimum absolute atomic E-state index is 0.0965. The first-order valence-electron chi connectivity index (χ1n) is 6.79. The highest BCUT2D eigenvalue weighted by molar-refractivity contribution is 5.92. The Bertz CT molecular complexity index is 638. The number of carbonyl (C=O) groups excluding carboxylic acids is 2. The maximum Gasteiger partial charge on any atom is 0.319 e. The van der Waals surface area contributed by atoms with Gasteiger partial charge in [0.2, 0.25) is 0 Å². The molecule has 108 valence electrons. The number of anilines is 1. The van der Waals surface area contributed by atoms with Crippen molar-refractivity contribution >= 4 is 18.0 Å². The van der Waals surface area contributed by atoms with E-state index in [1.165, 1.54) is 0 Å². The molecule has 2 N–H and O–H groups in total. The normalized spacial score (nSPS) is 11.5. The molecule has 0 spiro atoms. The molecule has 2 aromatic rings. The average molecular weight is 282 g/mol. The van der Waals surface area contributed by atoms with Crippen molar-refractivity contribution < 1.29 is 9.59 Å². The largest absolute Gasteiger partial charge is 0.331 e. The summed E-state index contributed by atoms with van der Waals surface area (Å²) in [6, 6.07) is 14.6. The number of hydrogen-bond acceptors (Lipinski definition) is 2. The van der Waals surface area contributed by atoms with Gasteiger partial charge in [-0.15, -0.1) is 0 Å². The fourth-order valence-corrected chi connectivity index (χ4v) is 2.10. The van der Waals surface area contributed by atoms with Crippen LogP contribution in [0.5, 0.6) is 0 Å². The lowest BCUT2D eigenvalue weighted by Gasteiger charge is -2.16. The molecule has 0 fully saturated rings. The third kappa shape index (κ3) is 3.69. The van der Waals surface area contributed by atoms with Gasteiger partial charge in [0.05, 0.1) is 6.04 Å². The molecule has 0 bridgehead atoms. The maximum atomic E-state index is 12.0. The molecular formula is C17H18N2O2. The van der Waals surface area contributed by atoms with Crippen LogP contribution in [0.25, 0.3) is 0 Å². The molecule has 0 heterocycles. The minimum Gasteiger partial charge on any atom is -0.331 e. The Morgan fingerprint density at radius 3 is 2.48 bits per heavy atom. The molecular weight excluding hydrogens is 264 g/mol. The quantitative estimate of drug-likeness (QED) is 0.840. The number of urea groups is 1. The van der Waals surface area contributed by atoms with E-state index in [4.69, 9.17) is 0 Å². The zero-order chi connectivity index (χ0) is 15.2. The Balaban J connectivity index is 2.04. The van der Waals surface area contributed by atoms with Crippen LogP contribution in [0.1, 0.15) is 34.5 Å². The van der Waals surface area contributed by atoms with Crippen molar-refractivity contribution in [1.29, 1.82) is 0 Å². The van der Waals surface area contributed by atoms with E-state index in [9.17, 15) is 9.59 Å². The van der Waals surface area contributed by atoms with Crippen molar-refractivity contribution in [3.63, 3.8) is 0 Å². The third-order valence-electron chi connectivity index (χ3n) is 3.40. The van der Waals surface area contributed by atoms with Crippen LogP contribution < -0.4 is 10.6 Å². The molecule has 1 atom stereocenters. The molecule has 2 rings (SSSR count). The molecule has 0 saturated carbocycles. The van der Waals surface area contributed by atoms with E-state index in [2.05, 4.69) is 10.6 Å². The van der Waals surface area contributed by atoms with E-state index in [1.54, 1.807) is 25.1 Å². The van der Waals surface area contributed by atoms with Gasteiger partial charge in [-0.25, -0.2) is 4.79 Å². The molecule has 21 heavy (non-hydrogen) atoms. The maximum absolute atomic E-state index is 12.0. The molecule has 0 aliphatic rings. The lowest BCUT2D eigenvalue weighted by molar-refractivity contribution is 0.112. The van der Waals surface area contributed by atoms with E-state index >= 15 is 0 Å². The first-order chi connectivity index (χ1) is 10.1. The summed E-state index contributed by atoms with van der Waals surface area (Å²) in [6.45, 7) is 3.73. The van der Waals surface area contributed by atoms with Gasteiger partial charge < -0.3 is 10.6 Å². The molecule has 1 unspecified atom stereocenters. The van der Waals surface area contributed by atoms with Crippen molar-refractivity contribution in [1.82, 2.24) is 5.32 Å². The summed E-state index contributed by atoms with van der Waals surface area (Å²) in [5.74, 6) is 0. The van der Waals surface area contributed by atoms with E-state index in [0.29, 0.717) is 11.3 Å². The summed E-state index contributed by atoms with van der Waals surface area (Å²) in [6.07, 6.45) is 0.783. The number of aldehydes is 1. The van der Waals surface area contributed by atoms with Gasteiger partial charge in [0.25, 0.3) is 0 Å². The van der Waals surface area contributed by atoms with E-state index < -0.39 is 0 Å². The molecule has 4 nitrogen and oxygen atoms in total. The lowest BCUT2D eigenvalue weighted by Crippen LogP contribution is -2.31. The Labute approximate surface area is 124 Å². The van der Waals surface area contributed by atoms with Crippen molar-refractivity contribution in [2.75, 3.05) is 5.32 Å². The molecule has 2 aromatic carbocycles. The number of carbonyl (C=O) groups is 2. The molecule has 0 radical (unpaired) electrons. The highest BCUT2D eigenvalue weighted by Crippen LogP contribution is 2.18. The summed E-state index contributed by atoms with van der Waals surface area (Å²) in [7, 11) is 0. The van der Waals surface area contributed by atoms with E-state index in [1.807, 2.05) is 37.3 Å². The van der Waals surface area contributed by atoms with Gasteiger partial charge in [-0.1, -0.05) is 42.5 Å². The van der Waals surface area contributed by atoms with Crippen molar-refractivity contribution in [2.24, 2.45) is 0 Å². The Morgan fingerprint density at radius 1 is 1.10 bits per heavy atom. The predicted octanol–water partition coefficient (Wildman–Crippen LogP) is 3.69. The second-order valence-electron chi connectivity index (χ2n) is 4.87. The SMILES string of the molecule is Cc1c(C=O)cccc1NC(=O)NC(C)c1ccccc1. The summed E-state index contributed by atoms with van der Waals surface area (Å²) >= 11 is 0. The van der Waals surface area contributed by atoms with Crippen LogP contribution in [-0.2, 0) is 0 Å². The third-order valence-corrected chi connectivity index (χ3v) is 3.40. The number of benzene rings is 2. The molecule has 0 saturated heterocycles. The van der Waals surface area contributed by atoms with Crippen LogP contribution >= 0.6 is 0 Å². The van der Waals surface area contributed by atoms with Crippen LogP contribution in [0.3, 0.4) is 0 Å². The van der Waals surface area contributed by atoms with Crippen molar-refractivity contribution in [3.8, 4) is 0 Å². The first-order valence-corrected chi connectivity index (χ1v) is 6.79. The first kappa shape index (κ1) is 14.8. The van der Waals surface area contributed by atoms with Gasteiger partial charge in [0, 0.05) is 11.3 Å². The molecule has 0 aliphatic heterocycles. The molecule has 0 aliphatic carbocycles. The zero-order valence-corrected chi connectivity index (χ0v) is 12.1. The fourth-order valence-electron chi connectivity index (χ4n) is 2.10. The van der Waals surface area contributed by atoms with Gasteiger partial charge in [0.15, 0.2) is 0 Å². The topological polar surface area (TPSA) is 58.2 Å². The number of amides is 2. The highest BCUT2D eigenvalue weighted by Gasteiger charge is 2.11. The minimum atomic E-state index is -0.294. The average Bonchev–Trinajstić information content (AvgIpc) is 2.50. The second kappa shape index (κ2) is 6.70. The van der Waals surface area contributed by atoms with Gasteiger partial charge >= 0.3 is 6.03 Å². The highest BCUT2D eigenvalue weighted by atomic mass is 16.2. The second-order valence-corrected chi connectivity index (χ2v) is 4.87. The Hall–Kier alpha value is -2.62. The van der Waals surface area contributed by atoms with E-state index in [0.717, 1.165) is 17.4 Å². The van der Waals surface area contributed by atoms with E-state index in [-0.39, 0.29) is 12.1 Å². The van der Waals surface area contributed by atoms with Crippen LogP contribution in [0.4, 0.5) is 10.5 Å². The summed E-state index contributed by atoms with van der Waals surface area (Å²) in [5.41, 5.74) is 3.00. The fraction of sp³-hybridized carbons (Fsp3) is 0.176. The number of rotatable bonds is 4. The van der Waals surface area contributed by atoms with Gasteiger partial charge in [-0.2, -0.15) is 0 Å². The zero-order valence-electron chi connectivity index (χ0n) is 12.1. The summed E-state index contributed by atoms with van der Waals surface area (Å²) in [5, 5.41) is 5.65. The smallest absolute Gasteiger partial charge is 0.319 e. The standard InChI is InChI=1S/C17H18N2O2/c1-12-15(11-20)9-6-10-16(12)19-17(21)18-13(2)14-7-4-3-5-8-14/h3-11,13H,1-2H3,(H2,18,19,21).